The molecule has 0 heterocycles. The normalized spacial score (nSPS) is 10.5. The van der Waals surface area contributed by atoms with Gasteiger partial charge in [0, 0.05) is 13.2 Å². The second kappa shape index (κ2) is 15.0. The molecule has 0 bridgehead atoms. The summed E-state index contributed by atoms with van der Waals surface area (Å²) in [5.41, 5.74) is 1.03. The fraction of sp³-hybridized carbons (Fsp3) is 0.650. The topological polar surface area (TPSA) is 51.5 Å². The van der Waals surface area contributed by atoms with Crippen LogP contribution in [0.1, 0.15) is 51.0 Å². The van der Waals surface area contributed by atoms with Gasteiger partial charge in [-0.1, -0.05) is 37.8 Å². The number of ether oxygens (including phenoxy) is 3. The quantitative estimate of drug-likeness (QED) is 0.443. The molecule has 0 spiro atoms. The number of hydrogen-bond acceptors (Lipinski definition) is 4. The van der Waals surface area contributed by atoms with Gasteiger partial charge in [-0.25, -0.2) is 0 Å². The zero-order valence-electron chi connectivity index (χ0n) is 15.0. The van der Waals surface area contributed by atoms with E-state index in [2.05, 4.69) is 6.07 Å². The van der Waals surface area contributed by atoms with Crippen LogP contribution >= 0.6 is 0 Å². The van der Waals surface area contributed by atoms with Gasteiger partial charge in [-0.3, -0.25) is 0 Å². The predicted octanol–water partition coefficient (Wildman–Crippen LogP) is 4.53. The second-order valence-electron chi connectivity index (χ2n) is 5.76. The van der Waals surface area contributed by atoms with Gasteiger partial charge in [-0.05, 0) is 37.5 Å². The minimum absolute atomic E-state index is 0.456. The van der Waals surface area contributed by atoms with Gasteiger partial charge in [0.1, 0.15) is 5.75 Å². The molecule has 0 atom stereocenters. The van der Waals surface area contributed by atoms with Crippen LogP contribution in [0.3, 0.4) is 0 Å². The minimum Gasteiger partial charge on any atom is -0.494 e. The van der Waals surface area contributed by atoms with Crippen LogP contribution in [0.4, 0.5) is 0 Å². The molecular weight excluding hydrogens is 302 g/mol. The standard InChI is InChI=1S/C20H31NO3/c1-2-22-17-18-23-15-7-5-3-4-6-8-16-24-20-11-9-19(10-12-20)13-14-21/h9-12H,2-8,13,15-18H2,1H3. The summed E-state index contributed by atoms with van der Waals surface area (Å²) in [7, 11) is 0. The highest BCUT2D eigenvalue weighted by atomic mass is 16.5. The Balaban J connectivity index is 1.86. The summed E-state index contributed by atoms with van der Waals surface area (Å²) < 4.78 is 16.4. The fourth-order valence-electron chi connectivity index (χ4n) is 2.36. The Morgan fingerprint density at radius 2 is 1.42 bits per heavy atom. The fourth-order valence-corrected chi connectivity index (χ4v) is 2.36. The maximum atomic E-state index is 8.63. The molecule has 0 aromatic heterocycles. The molecule has 0 saturated heterocycles. The zero-order chi connectivity index (χ0) is 17.3. The number of benzene rings is 1. The Hall–Kier alpha value is -1.57. The van der Waals surface area contributed by atoms with Crippen molar-refractivity contribution in [3.8, 4) is 11.8 Å². The van der Waals surface area contributed by atoms with Crippen LogP contribution in [0.5, 0.6) is 5.75 Å². The third-order valence-electron chi connectivity index (χ3n) is 3.73. The first-order valence-electron chi connectivity index (χ1n) is 9.11. The van der Waals surface area contributed by atoms with Crippen molar-refractivity contribution in [1.82, 2.24) is 0 Å². The summed E-state index contributed by atoms with van der Waals surface area (Å²) >= 11 is 0. The Kier molecular flexibility index (Phi) is 12.8. The molecule has 0 radical (unpaired) electrons. The van der Waals surface area contributed by atoms with E-state index in [1.165, 1.54) is 25.7 Å². The second-order valence-corrected chi connectivity index (χ2v) is 5.76. The van der Waals surface area contributed by atoms with Crippen LogP contribution in [0, 0.1) is 11.3 Å². The van der Waals surface area contributed by atoms with E-state index in [-0.39, 0.29) is 0 Å². The number of nitriles is 1. The molecule has 0 aliphatic rings. The van der Waals surface area contributed by atoms with Crippen molar-refractivity contribution < 1.29 is 14.2 Å². The molecule has 24 heavy (non-hydrogen) atoms. The maximum absolute atomic E-state index is 8.63. The summed E-state index contributed by atoms with van der Waals surface area (Å²) in [6.45, 7) is 5.79. The number of unbranched alkanes of at least 4 members (excludes halogenated alkanes) is 5. The smallest absolute Gasteiger partial charge is 0.119 e. The molecule has 1 aromatic rings. The molecular formula is C20H31NO3. The lowest BCUT2D eigenvalue weighted by atomic mass is 10.1. The third kappa shape index (κ3) is 11.0. The van der Waals surface area contributed by atoms with Crippen LogP contribution in [0.2, 0.25) is 0 Å². The van der Waals surface area contributed by atoms with E-state index in [4.69, 9.17) is 19.5 Å². The summed E-state index contributed by atoms with van der Waals surface area (Å²) in [6.07, 6.45) is 7.63. The molecule has 1 aromatic carbocycles. The number of nitrogens with zero attached hydrogens (tertiary/aromatic N) is 1. The maximum Gasteiger partial charge on any atom is 0.119 e. The van der Waals surface area contributed by atoms with Gasteiger partial charge in [0.15, 0.2) is 0 Å². The first kappa shape index (κ1) is 20.5. The highest BCUT2D eigenvalue weighted by Gasteiger charge is 1.96. The van der Waals surface area contributed by atoms with Crippen molar-refractivity contribution in [1.29, 1.82) is 5.26 Å². The van der Waals surface area contributed by atoms with E-state index in [1.807, 2.05) is 31.2 Å². The average Bonchev–Trinajstić information content (AvgIpc) is 2.60. The van der Waals surface area contributed by atoms with Crippen LogP contribution in [0.25, 0.3) is 0 Å². The van der Waals surface area contributed by atoms with Crippen molar-refractivity contribution in [3.63, 3.8) is 0 Å². The molecule has 0 unspecified atom stereocenters. The van der Waals surface area contributed by atoms with Crippen molar-refractivity contribution in [2.45, 2.75) is 51.9 Å². The third-order valence-corrected chi connectivity index (χ3v) is 3.73. The Morgan fingerprint density at radius 3 is 2.08 bits per heavy atom. The molecule has 0 fully saturated rings. The summed E-state index contributed by atoms with van der Waals surface area (Å²) in [6, 6.07) is 9.94. The molecule has 134 valence electrons. The van der Waals surface area contributed by atoms with Gasteiger partial charge in [-0.2, -0.15) is 5.26 Å². The van der Waals surface area contributed by atoms with Crippen molar-refractivity contribution >= 4 is 0 Å². The Bertz CT molecular complexity index is 439. The first-order chi connectivity index (χ1) is 11.9. The monoisotopic (exact) mass is 333 g/mol. The average molecular weight is 333 g/mol. The minimum atomic E-state index is 0.456. The highest BCUT2D eigenvalue weighted by Crippen LogP contribution is 2.13. The van der Waals surface area contributed by atoms with Gasteiger partial charge in [0.2, 0.25) is 0 Å². The lowest BCUT2D eigenvalue weighted by Gasteiger charge is -2.07. The molecule has 0 aliphatic heterocycles. The van der Waals surface area contributed by atoms with Crippen molar-refractivity contribution in [3.05, 3.63) is 29.8 Å². The molecule has 0 aliphatic carbocycles. The SMILES string of the molecule is CCOCCOCCCCCCCCOc1ccc(CC#N)cc1. The van der Waals surface area contributed by atoms with Gasteiger partial charge in [-0.15, -0.1) is 0 Å². The van der Waals surface area contributed by atoms with Crippen molar-refractivity contribution in [2.24, 2.45) is 0 Å². The zero-order valence-corrected chi connectivity index (χ0v) is 15.0. The molecule has 0 amide bonds. The molecule has 4 heteroatoms. The van der Waals surface area contributed by atoms with Crippen LogP contribution in [-0.4, -0.2) is 33.0 Å². The van der Waals surface area contributed by atoms with Gasteiger partial charge in [0.25, 0.3) is 0 Å². The lowest BCUT2D eigenvalue weighted by molar-refractivity contribution is 0.0512. The van der Waals surface area contributed by atoms with Crippen LogP contribution < -0.4 is 4.74 Å². The number of rotatable bonds is 15. The van der Waals surface area contributed by atoms with Gasteiger partial charge >= 0.3 is 0 Å². The van der Waals surface area contributed by atoms with E-state index in [0.717, 1.165) is 44.0 Å². The summed E-state index contributed by atoms with van der Waals surface area (Å²) in [5.74, 6) is 0.890. The number of hydrogen-bond donors (Lipinski definition) is 0. The molecule has 0 saturated carbocycles. The van der Waals surface area contributed by atoms with Crippen LogP contribution in [0.15, 0.2) is 24.3 Å². The highest BCUT2D eigenvalue weighted by molar-refractivity contribution is 5.28. The van der Waals surface area contributed by atoms with E-state index in [9.17, 15) is 0 Å². The Morgan fingerprint density at radius 1 is 0.792 bits per heavy atom. The summed E-state index contributed by atoms with van der Waals surface area (Å²) in [4.78, 5) is 0. The predicted molar refractivity (Wildman–Crippen MR) is 96.3 cm³/mol. The van der Waals surface area contributed by atoms with Crippen molar-refractivity contribution in [2.75, 3.05) is 33.0 Å². The van der Waals surface area contributed by atoms with Gasteiger partial charge < -0.3 is 14.2 Å². The molecule has 0 N–H and O–H groups in total. The molecule has 1 rings (SSSR count). The summed E-state index contributed by atoms with van der Waals surface area (Å²) in [5, 5.41) is 8.63. The first-order valence-corrected chi connectivity index (χ1v) is 9.11. The molecule has 4 nitrogen and oxygen atoms in total. The van der Waals surface area contributed by atoms with E-state index < -0.39 is 0 Å². The van der Waals surface area contributed by atoms with Gasteiger partial charge in [0.05, 0.1) is 32.3 Å². The van der Waals surface area contributed by atoms with E-state index in [0.29, 0.717) is 19.6 Å². The lowest BCUT2D eigenvalue weighted by Crippen LogP contribution is -2.04. The Labute approximate surface area is 146 Å². The van der Waals surface area contributed by atoms with E-state index in [1.54, 1.807) is 0 Å². The largest absolute Gasteiger partial charge is 0.494 e. The van der Waals surface area contributed by atoms with Crippen LogP contribution in [-0.2, 0) is 15.9 Å². The van der Waals surface area contributed by atoms with E-state index >= 15 is 0 Å².